The van der Waals surface area contributed by atoms with Crippen LogP contribution in [0.15, 0.2) is 79.8 Å². The molecule has 38 heavy (non-hydrogen) atoms. The van der Waals surface area contributed by atoms with Gasteiger partial charge in [-0.25, -0.2) is 22.8 Å². The van der Waals surface area contributed by atoms with Gasteiger partial charge in [-0.05, 0) is 47.5 Å². The van der Waals surface area contributed by atoms with Crippen LogP contribution in [0, 0.1) is 17.5 Å². The third-order valence-electron chi connectivity index (χ3n) is 6.20. The number of hydrogen-bond acceptors (Lipinski definition) is 6. The van der Waals surface area contributed by atoms with E-state index in [0.29, 0.717) is 5.69 Å². The van der Waals surface area contributed by atoms with Gasteiger partial charge in [-0.15, -0.1) is 0 Å². The molecule has 5 aromatic rings. The quantitative estimate of drug-likeness (QED) is 0.308. The van der Waals surface area contributed by atoms with Gasteiger partial charge in [-0.3, -0.25) is 9.67 Å². The molecule has 0 aliphatic carbocycles. The summed E-state index contributed by atoms with van der Waals surface area (Å²) in [7, 11) is 1.80. The Bertz CT molecular complexity index is 1540. The van der Waals surface area contributed by atoms with Crippen molar-refractivity contribution >= 4 is 0 Å². The molecule has 194 valence electrons. The second-order valence-corrected chi connectivity index (χ2v) is 8.96. The average molecular weight is 520 g/mol. The van der Waals surface area contributed by atoms with E-state index in [4.69, 9.17) is 0 Å². The molecule has 2 aromatic carbocycles. The molecule has 0 spiro atoms. The Morgan fingerprint density at radius 1 is 0.974 bits per heavy atom. The first-order valence-corrected chi connectivity index (χ1v) is 11.8. The van der Waals surface area contributed by atoms with E-state index in [1.165, 1.54) is 35.5 Å². The van der Waals surface area contributed by atoms with E-state index in [0.717, 1.165) is 34.4 Å². The molecule has 0 radical (unpaired) electrons. The van der Waals surface area contributed by atoms with Crippen molar-refractivity contribution in [1.82, 2.24) is 34.8 Å². The van der Waals surface area contributed by atoms with E-state index in [2.05, 4.69) is 25.5 Å². The Morgan fingerprint density at radius 3 is 2.50 bits per heavy atom. The van der Waals surface area contributed by atoms with Crippen molar-refractivity contribution in [3.8, 4) is 22.4 Å². The summed E-state index contributed by atoms with van der Waals surface area (Å²) in [5.74, 6) is -1.94. The van der Waals surface area contributed by atoms with Gasteiger partial charge in [-0.1, -0.05) is 6.07 Å². The maximum absolute atomic E-state index is 14.7. The second kappa shape index (κ2) is 10.6. The number of aliphatic hydroxyl groups is 1. The van der Waals surface area contributed by atoms with E-state index in [1.807, 2.05) is 12.3 Å². The van der Waals surface area contributed by atoms with Gasteiger partial charge in [-0.2, -0.15) is 10.2 Å². The summed E-state index contributed by atoms with van der Waals surface area (Å²) >= 11 is 0. The average Bonchev–Trinajstić information content (AvgIpc) is 3.54. The van der Waals surface area contributed by atoms with Gasteiger partial charge in [0.1, 0.15) is 41.4 Å². The van der Waals surface area contributed by atoms with E-state index >= 15 is 0 Å². The largest absolute Gasteiger partial charge is 0.382 e. The Balaban J connectivity index is 1.42. The molecule has 0 aliphatic rings. The van der Waals surface area contributed by atoms with Gasteiger partial charge in [0, 0.05) is 61.5 Å². The number of aryl methyl sites for hydroxylation is 1. The van der Waals surface area contributed by atoms with Crippen molar-refractivity contribution in [2.75, 3.05) is 6.54 Å². The predicted molar refractivity (Wildman–Crippen MR) is 134 cm³/mol. The lowest BCUT2D eigenvalue weighted by Crippen LogP contribution is -2.42. The molecule has 0 bridgehead atoms. The normalized spacial score (nSPS) is 13.0. The zero-order valence-corrected chi connectivity index (χ0v) is 20.4. The standard InChI is InChI=1S/C27H24F3N7O/c1-36-13-23(26(35-36)18-2-4-20(28)5-3-18)22-8-9-31-11-19(22)12-32-14-27(38,15-37-17-33-16-34-37)24-7-6-21(29)10-25(24)30/h2-11,13,16-17,32,38H,12,14-15H2,1H3/t27-/m1/s1. The molecule has 0 amide bonds. The number of benzene rings is 2. The van der Waals surface area contributed by atoms with Crippen LogP contribution in [0.25, 0.3) is 22.4 Å². The topological polar surface area (TPSA) is 93.7 Å². The fraction of sp³-hybridized carbons (Fsp3) is 0.185. The molecule has 0 aliphatic heterocycles. The Kier molecular flexibility index (Phi) is 7.03. The van der Waals surface area contributed by atoms with Crippen LogP contribution in [0.1, 0.15) is 11.1 Å². The molecule has 1 atom stereocenters. The zero-order valence-electron chi connectivity index (χ0n) is 20.4. The molecule has 0 fully saturated rings. The number of halogens is 3. The highest BCUT2D eigenvalue weighted by molar-refractivity contribution is 5.81. The monoisotopic (exact) mass is 519 g/mol. The van der Waals surface area contributed by atoms with Crippen LogP contribution in [0.4, 0.5) is 13.2 Å². The van der Waals surface area contributed by atoms with Crippen LogP contribution in [0.5, 0.6) is 0 Å². The Labute approximate surface area is 216 Å². The van der Waals surface area contributed by atoms with Gasteiger partial charge in [0.15, 0.2) is 0 Å². The van der Waals surface area contributed by atoms with Crippen molar-refractivity contribution in [3.05, 3.63) is 108 Å². The smallest absolute Gasteiger partial charge is 0.137 e. The lowest BCUT2D eigenvalue weighted by molar-refractivity contribution is 0.0117. The minimum absolute atomic E-state index is 0.0702. The molecular weight excluding hydrogens is 495 g/mol. The maximum atomic E-state index is 14.7. The third-order valence-corrected chi connectivity index (χ3v) is 6.20. The van der Waals surface area contributed by atoms with E-state index < -0.39 is 17.2 Å². The van der Waals surface area contributed by atoms with Crippen LogP contribution in [-0.4, -0.2) is 41.2 Å². The minimum atomic E-state index is -1.76. The van der Waals surface area contributed by atoms with Crippen LogP contribution in [0.3, 0.4) is 0 Å². The molecular formula is C27H24F3N7O. The first-order chi connectivity index (χ1) is 18.3. The fourth-order valence-electron chi connectivity index (χ4n) is 4.43. The molecule has 3 aromatic heterocycles. The molecule has 11 heteroatoms. The van der Waals surface area contributed by atoms with Crippen LogP contribution >= 0.6 is 0 Å². The zero-order chi connectivity index (χ0) is 26.7. The van der Waals surface area contributed by atoms with Crippen molar-refractivity contribution in [1.29, 1.82) is 0 Å². The highest BCUT2D eigenvalue weighted by Gasteiger charge is 2.33. The second-order valence-electron chi connectivity index (χ2n) is 8.96. The molecule has 3 heterocycles. The number of pyridine rings is 1. The van der Waals surface area contributed by atoms with Crippen LogP contribution in [-0.2, 0) is 25.7 Å². The molecule has 0 saturated carbocycles. The SMILES string of the molecule is Cn1cc(-c2ccncc2CNC[C@@](O)(Cn2cncn2)c2ccc(F)cc2F)c(-c2ccc(F)cc2)n1. The minimum Gasteiger partial charge on any atom is -0.382 e. The summed E-state index contributed by atoms with van der Waals surface area (Å²) in [4.78, 5) is 8.13. The molecule has 5 rings (SSSR count). The highest BCUT2D eigenvalue weighted by atomic mass is 19.1. The van der Waals surface area contributed by atoms with E-state index in [9.17, 15) is 18.3 Å². The first-order valence-electron chi connectivity index (χ1n) is 11.8. The fourth-order valence-corrected chi connectivity index (χ4v) is 4.43. The van der Waals surface area contributed by atoms with Gasteiger partial charge in [0.05, 0.1) is 6.54 Å². The maximum Gasteiger partial charge on any atom is 0.137 e. The van der Waals surface area contributed by atoms with E-state index in [1.54, 1.807) is 36.3 Å². The lowest BCUT2D eigenvalue weighted by Gasteiger charge is -2.29. The number of hydrogen-bond donors (Lipinski definition) is 2. The predicted octanol–water partition coefficient (Wildman–Crippen LogP) is 3.84. The summed E-state index contributed by atoms with van der Waals surface area (Å²) in [6, 6.07) is 11.0. The van der Waals surface area contributed by atoms with Crippen molar-refractivity contribution < 1.29 is 18.3 Å². The number of aromatic nitrogens is 6. The van der Waals surface area contributed by atoms with Gasteiger partial charge < -0.3 is 10.4 Å². The highest BCUT2D eigenvalue weighted by Crippen LogP contribution is 2.33. The summed E-state index contributed by atoms with van der Waals surface area (Å²) < 4.78 is 44.9. The first kappa shape index (κ1) is 25.3. The summed E-state index contributed by atoms with van der Waals surface area (Å²) in [5, 5.41) is 23.3. The van der Waals surface area contributed by atoms with Crippen LogP contribution in [0.2, 0.25) is 0 Å². The molecule has 2 N–H and O–H groups in total. The van der Waals surface area contributed by atoms with Crippen molar-refractivity contribution in [2.45, 2.75) is 18.7 Å². The van der Waals surface area contributed by atoms with Crippen molar-refractivity contribution in [2.24, 2.45) is 7.05 Å². The Hall–Kier alpha value is -4.35. The molecule has 0 unspecified atom stereocenters. The van der Waals surface area contributed by atoms with Gasteiger partial charge >= 0.3 is 0 Å². The number of nitrogens with zero attached hydrogens (tertiary/aromatic N) is 6. The Morgan fingerprint density at radius 2 is 1.76 bits per heavy atom. The van der Waals surface area contributed by atoms with Crippen LogP contribution < -0.4 is 5.32 Å². The summed E-state index contributed by atoms with van der Waals surface area (Å²) in [5.41, 5.74) is 2.06. The summed E-state index contributed by atoms with van der Waals surface area (Å²) in [6.07, 6.45) is 7.94. The van der Waals surface area contributed by atoms with E-state index in [-0.39, 0.29) is 31.0 Å². The van der Waals surface area contributed by atoms with Gasteiger partial charge in [0.2, 0.25) is 0 Å². The molecule has 8 nitrogen and oxygen atoms in total. The van der Waals surface area contributed by atoms with Gasteiger partial charge in [0.25, 0.3) is 0 Å². The van der Waals surface area contributed by atoms with Crippen molar-refractivity contribution in [3.63, 3.8) is 0 Å². The summed E-state index contributed by atoms with van der Waals surface area (Å²) in [6.45, 7) is 0.0742. The number of nitrogens with one attached hydrogen (secondary N) is 1. The number of rotatable bonds is 9. The third kappa shape index (κ3) is 5.34. The molecule has 0 saturated heterocycles. The lowest BCUT2D eigenvalue weighted by atomic mass is 9.92.